The summed E-state index contributed by atoms with van der Waals surface area (Å²) in [5.74, 6) is 0.276. The minimum atomic E-state index is -0.524. The maximum absolute atomic E-state index is 12.1. The second-order valence-electron chi connectivity index (χ2n) is 4.87. The SMILES string of the molecule is O=C(N[C@H]1CCCCNC1=O)c1cc(-c2ccco2)on1. The molecule has 7 heteroatoms. The Morgan fingerprint density at radius 3 is 3.10 bits per heavy atom. The van der Waals surface area contributed by atoms with Crippen LogP contribution in [0.1, 0.15) is 29.8 Å². The Balaban J connectivity index is 1.69. The quantitative estimate of drug-likeness (QED) is 0.888. The third-order valence-electron chi connectivity index (χ3n) is 3.35. The summed E-state index contributed by atoms with van der Waals surface area (Å²) in [5.41, 5.74) is 0.124. The van der Waals surface area contributed by atoms with E-state index < -0.39 is 11.9 Å². The van der Waals surface area contributed by atoms with E-state index in [2.05, 4.69) is 15.8 Å². The lowest BCUT2D eigenvalue weighted by Gasteiger charge is -2.13. The summed E-state index contributed by atoms with van der Waals surface area (Å²) in [7, 11) is 0. The van der Waals surface area contributed by atoms with Crippen molar-refractivity contribution in [1.29, 1.82) is 0 Å². The van der Waals surface area contributed by atoms with Gasteiger partial charge in [-0.25, -0.2) is 0 Å². The minimum Gasteiger partial charge on any atom is -0.461 e. The molecule has 1 aliphatic heterocycles. The average molecular weight is 289 g/mol. The second-order valence-corrected chi connectivity index (χ2v) is 4.87. The standard InChI is InChI=1S/C14H15N3O4/c18-13-9(4-1-2-6-15-13)16-14(19)10-8-12(21-17-10)11-5-3-7-20-11/h3,5,7-9H,1-2,4,6H2,(H,15,18)(H,16,19)/t9-/m0/s1. The monoisotopic (exact) mass is 289 g/mol. The topological polar surface area (TPSA) is 97.4 Å². The number of hydrogen-bond donors (Lipinski definition) is 2. The number of nitrogens with one attached hydrogen (secondary N) is 2. The summed E-state index contributed by atoms with van der Waals surface area (Å²) in [6, 6.07) is 4.39. The number of hydrogen-bond acceptors (Lipinski definition) is 5. The molecule has 0 aliphatic carbocycles. The van der Waals surface area contributed by atoms with E-state index in [0.717, 1.165) is 12.8 Å². The van der Waals surface area contributed by atoms with Gasteiger partial charge in [0.05, 0.1) is 6.26 Å². The fourth-order valence-electron chi connectivity index (χ4n) is 2.23. The molecular weight excluding hydrogens is 274 g/mol. The van der Waals surface area contributed by atoms with Gasteiger partial charge in [-0.2, -0.15) is 0 Å². The molecule has 0 unspecified atom stereocenters. The molecular formula is C14H15N3O4. The molecule has 7 nitrogen and oxygen atoms in total. The van der Waals surface area contributed by atoms with E-state index in [0.29, 0.717) is 24.5 Å². The Hall–Kier alpha value is -2.57. The summed E-state index contributed by atoms with van der Waals surface area (Å²) >= 11 is 0. The van der Waals surface area contributed by atoms with Crippen molar-refractivity contribution in [2.24, 2.45) is 0 Å². The molecule has 3 heterocycles. The molecule has 0 bridgehead atoms. The second kappa shape index (κ2) is 5.82. The van der Waals surface area contributed by atoms with Crippen LogP contribution in [0.5, 0.6) is 0 Å². The molecule has 2 N–H and O–H groups in total. The third-order valence-corrected chi connectivity index (χ3v) is 3.35. The molecule has 3 rings (SSSR count). The Morgan fingerprint density at radius 1 is 1.38 bits per heavy atom. The summed E-state index contributed by atoms with van der Waals surface area (Å²) in [6.45, 7) is 0.651. The molecule has 1 atom stereocenters. The zero-order valence-electron chi connectivity index (χ0n) is 11.3. The molecule has 0 radical (unpaired) electrons. The maximum atomic E-state index is 12.1. The van der Waals surface area contributed by atoms with Gasteiger partial charge in [-0.15, -0.1) is 0 Å². The van der Waals surface area contributed by atoms with Crippen LogP contribution in [0, 0.1) is 0 Å². The third kappa shape index (κ3) is 2.96. The highest BCUT2D eigenvalue weighted by molar-refractivity contribution is 5.96. The normalized spacial score (nSPS) is 18.9. The van der Waals surface area contributed by atoms with E-state index in [-0.39, 0.29) is 11.6 Å². The van der Waals surface area contributed by atoms with Gasteiger partial charge in [0.25, 0.3) is 5.91 Å². The van der Waals surface area contributed by atoms with Gasteiger partial charge >= 0.3 is 0 Å². The van der Waals surface area contributed by atoms with Crippen molar-refractivity contribution < 1.29 is 18.5 Å². The molecule has 0 saturated carbocycles. The van der Waals surface area contributed by atoms with Gasteiger partial charge in [0, 0.05) is 12.6 Å². The van der Waals surface area contributed by atoms with Crippen molar-refractivity contribution in [2.45, 2.75) is 25.3 Å². The molecule has 2 aromatic heterocycles. The minimum absolute atomic E-state index is 0.124. The summed E-state index contributed by atoms with van der Waals surface area (Å²) in [5, 5.41) is 9.15. The summed E-state index contributed by atoms with van der Waals surface area (Å²) in [6.07, 6.45) is 3.94. The van der Waals surface area contributed by atoms with Crippen LogP contribution < -0.4 is 10.6 Å². The van der Waals surface area contributed by atoms with Gasteiger partial charge in [-0.3, -0.25) is 9.59 Å². The molecule has 1 saturated heterocycles. The first kappa shape index (κ1) is 13.4. The van der Waals surface area contributed by atoms with Gasteiger partial charge in [0.1, 0.15) is 6.04 Å². The molecule has 110 valence electrons. The van der Waals surface area contributed by atoms with Crippen LogP contribution in [-0.2, 0) is 4.79 Å². The Labute approximate surface area is 120 Å². The largest absolute Gasteiger partial charge is 0.461 e. The van der Waals surface area contributed by atoms with E-state index in [1.807, 2.05) is 0 Å². The van der Waals surface area contributed by atoms with Gasteiger partial charge in [-0.1, -0.05) is 5.16 Å². The molecule has 1 aliphatic rings. The lowest BCUT2D eigenvalue weighted by Crippen LogP contribution is -2.45. The highest BCUT2D eigenvalue weighted by Crippen LogP contribution is 2.20. The smallest absolute Gasteiger partial charge is 0.274 e. The van der Waals surface area contributed by atoms with Crippen LogP contribution in [0.3, 0.4) is 0 Å². The van der Waals surface area contributed by atoms with E-state index in [1.165, 1.54) is 12.3 Å². The first-order chi connectivity index (χ1) is 10.2. The number of carbonyl (C=O) groups excluding carboxylic acids is 2. The number of nitrogens with zero attached hydrogens (tertiary/aromatic N) is 1. The van der Waals surface area contributed by atoms with E-state index in [4.69, 9.17) is 8.94 Å². The zero-order chi connectivity index (χ0) is 14.7. The summed E-state index contributed by atoms with van der Waals surface area (Å²) < 4.78 is 10.2. The molecule has 21 heavy (non-hydrogen) atoms. The van der Waals surface area contributed by atoms with Gasteiger partial charge in [0.2, 0.25) is 11.7 Å². The van der Waals surface area contributed by atoms with Crippen molar-refractivity contribution in [3.63, 3.8) is 0 Å². The number of aromatic nitrogens is 1. The Bertz CT molecular complexity index is 632. The molecule has 1 fully saturated rings. The fourth-order valence-corrected chi connectivity index (χ4v) is 2.23. The Kier molecular flexibility index (Phi) is 3.72. The van der Waals surface area contributed by atoms with Crippen molar-refractivity contribution >= 4 is 11.8 Å². The Morgan fingerprint density at radius 2 is 2.29 bits per heavy atom. The highest BCUT2D eigenvalue weighted by Gasteiger charge is 2.24. The first-order valence-electron chi connectivity index (χ1n) is 6.83. The van der Waals surface area contributed by atoms with Gasteiger partial charge in [0.15, 0.2) is 11.5 Å². The molecule has 2 amide bonds. The predicted molar refractivity (Wildman–Crippen MR) is 72.3 cm³/mol. The van der Waals surface area contributed by atoms with Crippen LogP contribution in [0.15, 0.2) is 33.4 Å². The van der Waals surface area contributed by atoms with Crippen LogP contribution in [0.25, 0.3) is 11.5 Å². The van der Waals surface area contributed by atoms with Gasteiger partial charge < -0.3 is 19.6 Å². The highest BCUT2D eigenvalue weighted by atomic mass is 16.5. The predicted octanol–water partition coefficient (Wildman–Crippen LogP) is 1.33. The lowest BCUT2D eigenvalue weighted by molar-refractivity contribution is -0.122. The number of furan rings is 1. The average Bonchev–Trinajstić information content (AvgIpc) is 3.12. The lowest BCUT2D eigenvalue weighted by atomic mass is 10.1. The fraction of sp³-hybridized carbons (Fsp3) is 0.357. The number of rotatable bonds is 3. The van der Waals surface area contributed by atoms with Crippen LogP contribution in [-0.4, -0.2) is 29.6 Å². The van der Waals surface area contributed by atoms with Crippen molar-refractivity contribution in [3.8, 4) is 11.5 Å². The molecule has 0 spiro atoms. The van der Waals surface area contributed by atoms with Crippen molar-refractivity contribution in [1.82, 2.24) is 15.8 Å². The number of carbonyl (C=O) groups is 2. The first-order valence-corrected chi connectivity index (χ1v) is 6.83. The summed E-state index contributed by atoms with van der Waals surface area (Å²) in [4.78, 5) is 23.9. The van der Waals surface area contributed by atoms with Crippen LogP contribution in [0.2, 0.25) is 0 Å². The molecule has 0 aromatic carbocycles. The molecule has 2 aromatic rings. The van der Waals surface area contributed by atoms with E-state index >= 15 is 0 Å². The van der Waals surface area contributed by atoms with Crippen LogP contribution in [0.4, 0.5) is 0 Å². The number of amides is 2. The zero-order valence-corrected chi connectivity index (χ0v) is 11.3. The maximum Gasteiger partial charge on any atom is 0.274 e. The van der Waals surface area contributed by atoms with Crippen molar-refractivity contribution in [2.75, 3.05) is 6.54 Å². The van der Waals surface area contributed by atoms with E-state index in [1.54, 1.807) is 12.1 Å². The van der Waals surface area contributed by atoms with Gasteiger partial charge in [-0.05, 0) is 31.4 Å². The van der Waals surface area contributed by atoms with Crippen LogP contribution >= 0.6 is 0 Å². The van der Waals surface area contributed by atoms with E-state index in [9.17, 15) is 9.59 Å². The van der Waals surface area contributed by atoms with Crippen molar-refractivity contribution in [3.05, 3.63) is 30.2 Å².